The Labute approximate surface area is 104 Å². The average molecular weight is 263 g/mol. The van der Waals surface area contributed by atoms with Gasteiger partial charge in [0.2, 0.25) is 16.5 Å². The molecule has 2 rings (SSSR count). The Balaban J connectivity index is 1.88. The van der Waals surface area contributed by atoms with Gasteiger partial charge in [0, 0.05) is 19.8 Å². The van der Waals surface area contributed by atoms with E-state index in [1.54, 1.807) is 0 Å². The molecule has 0 atom stereocenters. The molecule has 1 aromatic heterocycles. The lowest BCUT2D eigenvalue weighted by molar-refractivity contribution is 0.0699. The monoisotopic (exact) mass is 262 g/mol. The number of nitrogens with one attached hydrogen (secondary N) is 1. The Kier molecular flexibility index (Phi) is 4.15. The van der Waals surface area contributed by atoms with Crippen LogP contribution in [-0.2, 0) is 4.74 Å². The first-order chi connectivity index (χ1) is 7.74. The van der Waals surface area contributed by atoms with E-state index in [2.05, 4.69) is 20.3 Å². The Morgan fingerprint density at radius 3 is 2.38 bits per heavy atom. The molecule has 1 N–H and O–H groups in total. The minimum Gasteiger partial charge on any atom is -0.381 e. The number of anilines is 1. The van der Waals surface area contributed by atoms with Crippen LogP contribution in [0.5, 0.6) is 0 Å². The third kappa shape index (κ3) is 3.43. The van der Waals surface area contributed by atoms with Crippen LogP contribution in [0.1, 0.15) is 12.8 Å². The van der Waals surface area contributed by atoms with Gasteiger partial charge in [-0.05, 0) is 42.0 Å². The molecule has 2 heterocycles. The van der Waals surface area contributed by atoms with Crippen molar-refractivity contribution in [3.05, 3.63) is 10.6 Å². The van der Waals surface area contributed by atoms with E-state index in [0.29, 0.717) is 11.9 Å². The molecular formula is C9H12Cl2N4O. The van der Waals surface area contributed by atoms with Gasteiger partial charge in [0.15, 0.2) is 0 Å². The number of aromatic nitrogens is 3. The van der Waals surface area contributed by atoms with Gasteiger partial charge in [-0.15, -0.1) is 0 Å². The third-order valence-corrected chi connectivity index (χ3v) is 2.81. The lowest BCUT2D eigenvalue weighted by Crippen LogP contribution is -2.23. The summed E-state index contributed by atoms with van der Waals surface area (Å²) in [7, 11) is 0. The summed E-state index contributed by atoms with van der Waals surface area (Å²) in [5, 5.41) is 3.32. The van der Waals surface area contributed by atoms with Crippen molar-refractivity contribution in [2.75, 3.05) is 25.1 Å². The van der Waals surface area contributed by atoms with Crippen molar-refractivity contribution < 1.29 is 4.74 Å². The Morgan fingerprint density at radius 2 is 1.75 bits per heavy atom. The minimum atomic E-state index is 0.106. The number of nitrogens with zero attached hydrogens (tertiary/aromatic N) is 3. The minimum absolute atomic E-state index is 0.106. The van der Waals surface area contributed by atoms with Gasteiger partial charge in [0.25, 0.3) is 0 Å². The Bertz CT molecular complexity index is 337. The molecule has 7 heteroatoms. The highest BCUT2D eigenvalue weighted by atomic mass is 35.5. The largest absolute Gasteiger partial charge is 0.381 e. The summed E-state index contributed by atoms with van der Waals surface area (Å²) < 4.78 is 5.28. The second-order valence-corrected chi connectivity index (χ2v) is 4.31. The van der Waals surface area contributed by atoms with Gasteiger partial charge in [0.05, 0.1) is 0 Å². The van der Waals surface area contributed by atoms with Gasteiger partial charge in [-0.2, -0.15) is 15.0 Å². The van der Waals surface area contributed by atoms with Crippen LogP contribution in [0, 0.1) is 5.92 Å². The average Bonchev–Trinajstić information content (AvgIpc) is 2.27. The molecule has 0 saturated carbocycles. The standard InChI is InChI=1S/C9H12Cl2N4O/c10-7-13-8(11)15-9(14-7)12-5-6-1-3-16-4-2-6/h6H,1-5H2,(H,12,13,14,15). The number of hydrogen-bond donors (Lipinski definition) is 1. The van der Waals surface area contributed by atoms with E-state index in [4.69, 9.17) is 27.9 Å². The molecule has 88 valence electrons. The van der Waals surface area contributed by atoms with Crippen molar-refractivity contribution >= 4 is 29.2 Å². The van der Waals surface area contributed by atoms with Gasteiger partial charge in [0.1, 0.15) is 0 Å². The fourth-order valence-corrected chi connectivity index (χ4v) is 1.95. The number of rotatable bonds is 3. The van der Waals surface area contributed by atoms with Crippen LogP contribution in [0.3, 0.4) is 0 Å². The van der Waals surface area contributed by atoms with Crippen molar-refractivity contribution in [3.63, 3.8) is 0 Å². The summed E-state index contributed by atoms with van der Waals surface area (Å²) >= 11 is 11.3. The SMILES string of the molecule is Clc1nc(Cl)nc(NCC2CCOCC2)n1. The quantitative estimate of drug-likeness (QED) is 0.903. The van der Waals surface area contributed by atoms with Gasteiger partial charge in [-0.1, -0.05) is 0 Å². The zero-order valence-electron chi connectivity index (χ0n) is 8.62. The summed E-state index contributed by atoms with van der Waals surface area (Å²) in [4.78, 5) is 11.5. The lowest BCUT2D eigenvalue weighted by Gasteiger charge is -2.22. The fourth-order valence-electron chi connectivity index (χ4n) is 1.59. The number of halogens is 2. The molecule has 0 aromatic carbocycles. The van der Waals surface area contributed by atoms with Crippen LogP contribution >= 0.6 is 23.2 Å². The van der Waals surface area contributed by atoms with Crippen molar-refractivity contribution in [1.82, 2.24) is 15.0 Å². The first kappa shape index (κ1) is 11.8. The summed E-state index contributed by atoms with van der Waals surface area (Å²) in [5.41, 5.74) is 0. The van der Waals surface area contributed by atoms with Crippen LogP contribution in [-0.4, -0.2) is 34.7 Å². The Morgan fingerprint density at radius 1 is 1.12 bits per heavy atom. The van der Waals surface area contributed by atoms with Gasteiger partial charge >= 0.3 is 0 Å². The second-order valence-electron chi connectivity index (χ2n) is 3.63. The Hall–Kier alpha value is -0.650. The molecule has 1 aliphatic heterocycles. The van der Waals surface area contributed by atoms with Crippen molar-refractivity contribution in [2.45, 2.75) is 12.8 Å². The van der Waals surface area contributed by atoms with Crippen molar-refractivity contribution in [1.29, 1.82) is 0 Å². The van der Waals surface area contributed by atoms with E-state index >= 15 is 0 Å². The maximum atomic E-state index is 5.66. The molecule has 16 heavy (non-hydrogen) atoms. The van der Waals surface area contributed by atoms with Crippen LogP contribution in [0.2, 0.25) is 10.6 Å². The normalized spacial score (nSPS) is 17.4. The molecule has 1 aromatic rings. The summed E-state index contributed by atoms with van der Waals surface area (Å²) in [6.07, 6.45) is 2.11. The topological polar surface area (TPSA) is 59.9 Å². The highest BCUT2D eigenvalue weighted by Gasteiger charge is 2.14. The molecule has 0 unspecified atom stereocenters. The first-order valence-electron chi connectivity index (χ1n) is 5.13. The predicted octanol–water partition coefficient (Wildman–Crippen LogP) is 2.02. The van der Waals surface area contributed by atoms with E-state index in [1.165, 1.54) is 0 Å². The van der Waals surface area contributed by atoms with Crippen LogP contribution < -0.4 is 5.32 Å². The summed E-state index contributed by atoms with van der Waals surface area (Å²) in [6.45, 7) is 2.45. The molecule has 1 saturated heterocycles. The van der Waals surface area contributed by atoms with Crippen molar-refractivity contribution in [2.24, 2.45) is 5.92 Å². The van der Waals surface area contributed by atoms with E-state index in [1.807, 2.05) is 0 Å². The summed E-state index contributed by atoms with van der Waals surface area (Å²) in [5.74, 6) is 1.01. The molecule has 1 fully saturated rings. The molecule has 0 spiro atoms. The lowest BCUT2D eigenvalue weighted by atomic mass is 10.0. The predicted molar refractivity (Wildman–Crippen MR) is 61.9 cm³/mol. The maximum absolute atomic E-state index is 5.66. The van der Waals surface area contributed by atoms with E-state index in [-0.39, 0.29) is 10.6 Å². The van der Waals surface area contributed by atoms with Crippen molar-refractivity contribution in [3.8, 4) is 0 Å². The van der Waals surface area contributed by atoms with Crippen LogP contribution in [0.25, 0.3) is 0 Å². The molecule has 0 bridgehead atoms. The highest BCUT2D eigenvalue weighted by molar-refractivity contribution is 6.31. The maximum Gasteiger partial charge on any atom is 0.228 e. The zero-order valence-corrected chi connectivity index (χ0v) is 10.1. The third-order valence-electron chi connectivity index (χ3n) is 2.47. The number of ether oxygens (including phenoxy) is 1. The van der Waals surface area contributed by atoms with E-state index in [0.717, 1.165) is 32.6 Å². The molecule has 1 aliphatic rings. The van der Waals surface area contributed by atoms with E-state index in [9.17, 15) is 0 Å². The van der Waals surface area contributed by atoms with Crippen LogP contribution in [0.4, 0.5) is 5.95 Å². The zero-order chi connectivity index (χ0) is 11.4. The smallest absolute Gasteiger partial charge is 0.228 e. The second kappa shape index (κ2) is 5.61. The molecule has 0 aliphatic carbocycles. The molecular weight excluding hydrogens is 251 g/mol. The molecule has 0 radical (unpaired) electrons. The molecule has 5 nitrogen and oxygen atoms in total. The number of hydrogen-bond acceptors (Lipinski definition) is 5. The van der Waals surface area contributed by atoms with Gasteiger partial charge in [-0.25, -0.2) is 0 Å². The van der Waals surface area contributed by atoms with Gasteiger partial charge < -0.3 is 10.1 Å². The van der Waals surface area contributed by atoms with Crippen LogP contribution in [0.15, 0.2) is 0 Å². The highest BCUT2D eigenvalue weighted by Crippen LogP contribution is 2.16. The summed E-state index contributed by atoms with van der Waals surface area (Å²) in [6, 6.07) is 0. The van der Waals surface area contributed by atoms with Gasteiger partial charge in [-0.3, -0.25) is 0 Å². The first-order valence-corrected chi connectivity index (χ1v) is 5.88. The van der Waals surface area contributed by atoms with E-state index < -0.39 is 0 Å². The molecule has 0 amide bonds. The fraction of sp³-hybridized carbons (Fsp3) is 0.667.